The van der Waals surface area contributed by atoms with Crippen LogP contribution in [0.3, 0.4) is 0 Å². The minimum atomic E-state index is 0.100. The average Bonchev–Trinajstić information content (AvgIpc) is 2.78. The van der Waals surface area contributed by atoms with Crippen LogP contribution in [0.4, 0.5) is 0 Å². The van der Waals surface area contributed by atoms with Crippen LogP contribution in [0.15, 0.2) is 64.8 Å². The molecule has 0 spiro atoms. The van der Waals surface area contributed by atoms with E-state index >= 15 is 0 Å². The lowest BCUT2D eigenvalue weighted by molar-refractivity contribution is -0.125. The van der Waals surface area contributed by atoms with E-state index in [-0.39, 0.29) is 5.91 Å². The number of aryl methyl sites for hydroxylation is 1. The lowest BCUT2D eigenvalue weighted by Gasteiger charge is -2.45. The number of carbonyl (C=O) groups excluding carboxylic acids is 1. The zero-order valence-electron chi connectivity index (χ0n) is 17.9. The van der Waals surface area contributed by atoms with Gasteiger partial charge in [0.2, 0.25) is 5.96 Å². The molecule has 0 bridgehead atoms. The van der Waals surface area contributed by atoms with Gasteiger partial charge in [0.25, 0.3) is 5.91 Å². The van der Waals surface area contributed by atoms with Gasteiger partial charge in [0.05, 0.1) is 12.1 Å². The second kappa shape index (κ2) is 8.48. The summed E-state index contributed by atoms with van der Waals surface area (Å²) in [4.78, 5) is 24.9. The molecule has 0 aliphatic carbocycles. The van der Waals surface area contributed by atoms with E-state index < -0.39 is 0 Å². The number of hydrogen-bond donors (Lipinski definition) is 0. The highest BCUT2D eigenvalue weighted by Gasteiger charge is 2.40. The fourth-order valence-corrected chi connectivity index (χ4v) is 4.89. The molecular weight excluding hydrogens is 408 g/mol. The molecule has 0 aromatic heterocycles. The molecule has 0 unspecified atom stereocenters. The van der Waals surface area contributed by atoms with E-state index in [2.05, 4.69) is 47.1 Å². The second-order valence-electron chi connectivity index (χ2n) is 8.58. The maximum Gasteiger partial charge on any atom is 0.259 e. The van der Waals surface area contributed by atoms with Gasteiger partial charge in [-0.05, 0) is 36.6 Å². The van der Waals surface area contributed by atoms with Crippen molar-refractivity contribution in [2.24, 2.45) is 4.99 Å². The number of rotatable bonds is 4. The minimum absolute atomic E-state index is 0.100. The molecule has 3 aliphatic rings. The third-order valence-corrected chi connectivity index (χ3v) is 6.49. The maximum absolute atomic E-state index is 13.7. The van der Waals surface area contributed by atoms with Crippen molar-refractivity contribution in [1.82, 2.24) is 14.7 Å². The predicted molar refractivity (Wildman–Crippen MR) is 124 cm³/mol. The van der Waals surface area contributed by atoms with Crippen molar-refractivity contribution >= 4 is 23.5 Å². The number of benzene rings is 2. The molecule has 31 heavy (non-hydrogen) atoms. The number of guanidine groups is 1. The second-order valence-corrected chi connectivity index (χ2v) is 9.02. The summed E-state index contributed by atoms with van der Waals surface area (Å²) in [5.41, 5.74) is 5.62. The molecule has 3 aliphatic heterocycles. The van der Waals surface area contributed by atoms with E-state index in [1.807, 2.05) is 23.1 Å². The van der Waals surface area contributed by atoms with Crippen LogP contribution in [0.1, 0.15) is 29.5 Å². The summed E-state index contributed by atoms with van der Waals surface area (Å²) in [6.07, 6.45) is 1.90. The van der Waals surface area contributed by atoms with Crippen LogP contribution in [-0.2, 0) is 17.9 Å². The molecule has 0 radical (unpaired) electrons. The Morgan fingerprint density at radius 2 is 1.87 bits per heavy atom. The molecular formula is C25H27ClN4O. The Labute approximate surface area is 188 Å². The van der Waals surface area contributed by atoms with Gasteiger partial charge in [-0.25, -0.2) is 0 Å². The molecule has 2 aromatic rings. The Balaban J connectivity index is 1.42. The predicted octanol–water partition coefficient (Wildman–Crippen LogP) is 4.21. The number of amides is 1. The highest BCUT2D eigenvalue weighted by Crippen LogP contribution is 2.32. The lowest BCUT2D eigenvalue weighted by Crippen LogP contribution is -2.56. The first-order valence-electron chi connectivity index (χ1n) is 11.0. The molecule has 6 heteroatoms. The standard InChI is InChI=1S/C25H27ClN4O/c1-18-6-8-19(9-7-18)16-30-24(31)22-17-28(15-20-4-2-5-21(26)14-20)13-10-23(22)29-12-3-11-27-25(29)30/h2,4-9,14H,3,10-13,15-17H2,1H3. The fraction of sp³-hybridized carbons (Fsp3) is 0.360. The first-order chi connectivity index (χ1) is 15.1. The van der Waals surface area contributed by atoms with Crippen molar-refractivity contribution < 1.29 is 4.79 Å². The number of hydrogen-bond acceptors (Lipinski definition) is 4. The fourth-order valence-electron chi connectivity index (χ4n) is 4.68. The Hall–Kier alpha value is -2.63. The summed E-state index contributed by atoms with van der Waals surface area (Å²) in [5, 5.41) is 0.751. The number of nitrogens with zero attached hydrogens (tertiary/aromatic N) is 4. The molecule has 0 N–H and O–H groups in total. The van der Waals surface area contributed by atoms with E-state index in [4.69, 9.17) is 16.6 Å². The van der Waals surface area contributed by atoms with Crippen molar-refractivity contribution in [3.05, 3.63) is 81.5 Å². The van der Waals surface area contributed by atoms with Gasteiger partial charge >= 0.3 is 0 Å². The first kappa shape index (κ1) is 20.3. The van der Waals surface area contributed by atoms with Crippen molar-refractivity contribution in [3.8, 4) is 0 Å². The first-order valence-corrected chi connectivity index (χ1v) is 11.3. The largest absolute Gasteiger partial charge is 0.315 e. The van der Waals surface area contributed by atoms with Crippen molar-refractivity contribution in [2.45, 2.75) is 32.9 Å². The third-order valence-electron chi connectivity index (χ3n) is 6.26. The Morgan fingerprint density at radius 3 is 2.68 bits per heavy atom. The van der Waals surface area contributed by atoms with Gasteiger partial charge in [-0.15, -0.1) is 0 Å². The van der Waals surface area contributed by atoms with Gasteiger partial charge in [-0.3, -0.25) is 19.6 Å². The van der Waals surface area contributed by atoms with Crippen LogP contribution in [0, 0.1) is 6.92 Å². The molecule has 3 heterocycles. The molecule has 5 rings (SSSR count). The van der Waals surface area contributed by atoms with Gasteiger partial charge in [0.15, 0.2) is 0 Å². The molecule has 1 amide bonds. The van der Waals surface area contributed by atoms with Crippen molar-refractivity contribution in [1.29, 1.82) is 0 Å². The summed E-state index contributed by atoms with van der Waals surface area (Å²) in [6.45, 7) is 6.74. The van der Waals surface area contributed by atoms with Crippen LogP contribution in [-0.4, -0.2) is 52.7 Å². The van der Waals surface area contributed by atoms with E-state index in [1.54, 1.807) is 0 Å². The summed E-state index contributed by atoms with van der Waals surface area (Å²) in [6, 6.07) is 16.4. The van der Waals surface area contributed by atoms with Crippen LogP contribution >= 0.6 is 11.6 Å². The van der Waals surface area contributed by atoms with Gasteiger partial charge in [0, 0.05) is 49.9 Å². The monoisotopic (exact) mass is 434 g/mol. The van der Waals surface area contributed by atoms with Crippen LogP contribution in [0.25, 0.3) is 0 Å². The van der Waals surface area contributed by atoms with Gasteiger partial charge in [0.1, 0.15) is 0 Å². The zero-order chi connectivity index (χ0) is 21.4. The Kier molecular flexibility index (Phi) is 5.55. The van der Waals surface area contributed by atoms with E-state index in [1.165, 1.54) is 16.8 Å². The summed E-state index contributed by atoms with van der Waals surface area (Å²) >= 11 is 6.17. The minimum Gasteiger partial charge on any atom is -0.315 e. The Morgan fingerprint density at radius 1 is 1.03 bits per heavy atom. The van der Waals surface area contributed by atoms with Crippen LogP contribution < -0.4 is 0 Å². The molecule has 5 nitrogen and oxygen atoms in total. The van der Waals surface area contributed by atoms with Crippen LogP contribution in [0.2, 0.25) is 5.02 Å². The molecule has 160 valence electrons. The highest BCUT2D eigenvalue weighted by atomic mass is 35.5. The molecule has 0 atom stereocenters. The van der Waals surface area contributed by atoms with E-state index in [0.717, 1.165) is 61.1 Å². The molecule has 2 aromatic carbocycles. The average molecular weight is 435 g/mol. The van der Waals surface area contributed by atoms with Crippen LogP contribution in [0.5, 0.6) is 0 Å². The van der Waals surface area contributed by atoms with Gasteiger partial charge < -0.3 is 4.90 Å². The maximum atomic E-state index is 13.7. The highest BCUT2D eigenvalue weighted by molar-refractivity contribution is 6.30. The van der Waals surface area contributed by atoms with Gasteiger partial charge in [-0.1, -0.05) is 53.6 Å². The molecule has 0 saturated heterocycles. The summed E-state index contributed by atoms with van der Waals surface area (Å²) < 4.78 is 0. The SMILES string of the molecule is Cc1ccc(CN2C(=O)C3=C(CCN(Cc4cccc(Cl)c4)C3)N3CCCN=C23)cc1. The number of aliphatic imine (C=N–C) groups is 1. The molecule has 0 saturated carbocycles. The molecule has 0 fully saturated rings. The topological polar surface area (TPSA) is 39.2 Å². The number of fused-ring (bicyclic) bond motifs is 2. The number of halogens is 1. The van der Waals surface area contributed by atoms with Crippen molar-refractivity contribution in [2.75, 3.05) is 26.2 Å². The van der Waals surface area contributed by atoms with Gasteiger partial charge in [-0.2, -0.15) is 0 Å². The van der Waals surface area contributed by atoms with E-state index in [9.17, 15) is 4.79 Å². The summed E-state index contributed by atoms with van der Waals surface area (Å²) in [5.74, 6) is 0.933. The smallest absolute Gasteiger partial charge is 0.259 e. The Bertz CT molecular complexity index is 1060. The normalized spacial score (nSPS) is 19.3. The van der Waals surface area contributed by atoms with Crippen molar-refractivity contribution in [3.63, 3.8) is 0 Å². The third kappa shape index (κ3) is 4.12. The zero-order valence-corrected chi connectivity index (χ0v) is 18.6. The summed E-state index contributed by atoms with van der Waals surface area (Å²) in [7, 11) is 0. The van der Waals surface area contributed by atoms with E-state index in [0.29, 0.717) is 13.1 Å². The quantitative estimate of drug-likeness (QED) is 0.723. The lowest BCUT2D eigenvalue weighted by atomic mass is 9.99. The number of carbonyl (C=O) groups is 1.